The van der Waals surface area contributed by atoms with Crippen LogP contribution in [0.25, 0.3) is 0 Å². The van der Waals surface area contributed by atoms with Gasteiger partial charge in [0.2, 0.25) is 0 Å². The first-order valence-corrected chi connectivity index (χ1v) is 11.2. The van der Waals surface area contributed by atoms with Gasteiger partial charge in [-0.15, -0.1) is 0 Å². The minimum absolute atomic E-state index is 0.00290. The van der Waals surface area contributed by atoms with Crippen LogP contribution in [0.5, 0.6) is 0 Å². The number of allylic oxidation sites excluding steroid dienone is 1. The number of carbonyl (C=O) groups excluding carboxylic acids is 1. The third-order valence-electron chi connectivity index (χ3n) is 7.42. The first-order valence-electron chi connectivity index (χ1n) is 11.2. The number of anilines is 1. The fraction of sp³-hybridized carbons (Fsp3) is 0.393. The standard InChI is InChI=1S/C28H31N3O/c1-17-12-13-22-25(18(17)2)28(5,6)24(31(22)7)15-30-26-20-11-9-8-10-19(20)21(14-23(26)32)27(3,4)16-29/h8-13,15,21H,14H2,1-7H3/b24-15+,30-26?. The van der Waals surface area contributed by atoms with Gasteiger partial charge in [0.15, 0.2) is 5.78 Å². The molecule has 0 radical (unpaired) electrons. The molecular formula is C28H31N3O. The number of hydrogen-bond donors (Lipinski definition) is 0. The van der Waals surface area contributed by atoms with Gasteiger partial charge in [0.05, 0.1) is 11.5 Å². The third kappa shape index (κ3) is 3.19. The van der Waals surface area contributed by atoms with E-state index in [9.17, 15) is 10.1 Å². The van der Waals surface area contributed by atoms with Crippen LogP contribution in [-0.2, 0) is 10.2 Å². The number of nitriles is 1. The van der Waals surface area contributed by atoms with Crippen molar-refractivity contribution in [3.8, 4) is 6.07 Å². The van der Waals surface area contributed by atoms with Crippen molar-refractivity contribution in [2.45, 2.75) is 59.3 Å². The number of carbonyl (C=O) groups is 1. The molecule has 0 saturated carbocycles. The average molecular weight is 426 g/mol. The number of rotatable bonds is 2. The minimum Gasteiger partial charge on any atom is -0.346 e. The quantitative estimate of drug-likeness (QED) is 0.596. The number of aryl methyl sites for hydroxylation is 1. The molecule has 0 amide bonds. The van der Waals surface area contributed by atoms with Gasteiger partial charge in [0.25, 0.3) is 0 Å². The lowest BCUT2D eigenvalue weighted by Gasteiger charge is -2.33. The van der Waals surface area contributed by atoms with E-state index in [1.54, 1.807) is 0 Å². The molecule has 1 aliphatic heterocycles. The van der Waals surface area contributed by atoms with Gasteiger partial charge >= 0.3 is 0 Å². The molecule has 1 unspecified atom stereocenters. The molecule has 4 heteroatoms. The van der Waals surface area contributed by atoms with E-state index in [1.807, 2.05) is 44.3 Å². The van der Waals surface area contributed by atoms with E-state index < -0.39 is 5.41 Å². The second-order valence-electron chi connectivity index (χ2n) is 10.2. The van der Waals surface area contributed by atoms with Crippen LogP contribution in [0.15, 0.2) is 53.3 Å². The Hall–Kier alpha value is -3.19. The Balaban J connectivity index is 1.83. The van der Waals surface area contributed by atoms with Crippen LogP contribution < -0.4 is 4.90 Å². The maximum absolute atomic E-state index is 13.2. The zero-order valence-electron chi connectivity index (χ0n) is 20.1. The molecule has 4 nitrogen and oxygen atoms in total. The summed E-state index contributed by atoms with van der Waals surface area (Å²) in [6.07, 6.45) is 2.17. The first kappa shape index (κ1) is 22.0. The molecular weight excluding hydrogens is 394 g/mol. The maximum atomic E-state index is 13.2. The van der Waals surface area contributed by atoms with Crippen LogP contribution in [0.4, 0.5) is 5.69 Å². The van der Waals surface area contributed by atoms with Gasteiger partial charge in [0.1, 0.15) is 5.71 Å². The molecule has 32 heavy (non-hydrogen) atoms. The topological polar surface area (TPSA) is 56.5 Å². The number of nitrogens with zero attached hydrogens (tertiary/aromatic N) is 3. The highest BCUT2D eigenvalue weighted by Gasteiger charge is 2.41. The Morgan fingerprint density at radius 1 is 1.19 bits per heavy atom. The molecule has 0 N–H and O–H groups in total. The number of ketones is 1. The summed E-state index contributed by atoms with van der Waals surface area (Å²) in [4.78, 5) is 20.2. The zero-order valence-corrected chi connectivity index (χ0v) is 20.1. The molecule has 0 fully saturated rings. The number of likely N-dealkylation sites (N-methyl/N-ethyl adjacent to an activating group) is 1. The van der Waals surface area contributed by atoms with Crippen molar-refractivity contribution in [3.05, 3.63) is 76.1 Å². The van der Waals surface area contributed by atoms with Crippen LogP contribution in [-0.4, -0.2) is 18.5 Å². The monoisotopic (exact) mass is 425 g/mol. The second-order valence-corrected chi connectivity index (χ2v) is 10.2. The van der Waals surface area contributed by atoms with E-state index in [-0.39, 0.29) is 17.1 Å². The summed E-state index contributed by atoms with van der Waals surface area (Å²) >= 11 is 0. The molecule has 1 atom stereocenters. The Bertz CT molecular complexity index is 1220. The van der Waals surface area contributed by atoms with Crippen molar-refractivity contribution in [2.24, 2.45) is 10.4 Å². The van der Waals surface area contributed by atoms with Gasteiger partial charge in [-0.25, -0.2) is 0 Å². The van der Waals surface area contributed by atoms with Crippen LogP contribution in [0.2, 0.25) is 0 Å². The summed E-state index contributed by atoms with van der Waals surface area (Å²) in [5.74, 6) is -0.139. The molecule has 164 valence electrons. The van der Waals surface area contributed by atoms with Gasteiger partial charge in [-0.2, -0.15) is 5.26 Å². The van der Waals surface area contributed by atoms with Gasteiger partial charge in [0, 0.05) is 47.9 Å². The summed E-state index contributed by atoms with van der Waals surface area (Å²) in [7, 11) is 2.07. The van der Waals surface area contributed by atoms with E-state index in [1.165, 1.54) is 22.4 Å². The van der Waals surface area contributed by atoms with E-state index in [0.717, 1.165) is 16.8 Å². The van der Waals surface area contributed by atoms with Crippen molar-refractivity contribution in [1.29, 1.82) is 5.26 Å². The fourth-order valence-corrected chi connectivity index (χ4v) is 5.34. The summed E-state index contributed by atoms with van der Waals surface area (Å²) in [5.41, 5.74) is 7.68. The number of aliphatic imine (C=N–C) groups is 1. The maximum Gasteiger partial charge on any atom is 0.182 e. The number of hydrogen-bond acceptors (Lipinski definition) is 4. The van der Waals surface area contributed by atoms with E-state index in [0.29, 0.717) is 12.1 Å². The molecule has 2 aromatic rings. The molecule has 1 aliphatic carbocycles. The highest BCUT2D eigenvalue weighted by molar-refractivity contribution is 6.47. The van der Waals surface area contributed by atoms with Gasteiger partial charge in [-0.05, 0) is 56.0 Å². The number of Topliss-reactive ketones (excluding diaryl/α,β-unsaturated/α-hetero) is 1. The van der Waals surface area contributed by atoms with E-state index >= 15 is 0 Å². The van der Waals surface area contributed by atoms with Gasteiger partial charge < -0.3 is 4.90 Å². The molecule has 0 saturated heterocycles. The first-order chi connectivity index (χ1) is 15.0. The van der Waals surface area contributed by atoms with Crippen molar-refractivity contribution >= 4 is 17.2 Å². The van der Waals surface area contributed by atoms with E-state index in [4.69, 9.17) is 4.99 Å². The minimum atomic E-state index is -0.625. The summed E-state index contributed by atoms with van der Waals surface area (Å²) < 4.78 is 0. The molecule has 0 aromatic heterocycles. The lowest BCUT2D eigenvalue weighted by Crippen LogP contribution is -2.33. The van der Waals surface area contributed by atoms with Crippen molar-refractivity contribution in [1.82, 2.24) is 0 Å². The van der Waals surface area contributed by atoms with Crippen molar-refractivity contribution in [2.75, 3.05) is 11.9 Å². The molecule has 4 rings (SSSR count). The highest BCUT2D eigenvalue weighted by Crippen LogP contribution is 2.49. The van der Waals surface area contributed by atoms with Crippen LogP contribution >= 0.6 is 0 Å². The van der Waals surface area contributed by atoms with Crippen molar-refractivity contribution in [3.63, 3.8) is 0 Å². The zero-order chi connectivity index (χ0) is 23.4. The second kappa shape index (κ2) is 7.45. The predicted molar refractivity (Wildman–Crippen MR) is 130 cm³/mol. The highest BCUT2D eigenvalue weighted by atomic mass is 16.1. The number of benzene rings is 2. The Labute approximate surface area is 191 Å². The Morgan fingerprint density at radius 3 is 2.56 bits per heavy atom. The molecule has 2 aliphatic rings. The largest absolute Gasteiger partial charge is 0.346 e. The number of fused-ring (bicyclic) bond motifs is 2. The SMILES string of the molecule is Cc1ccc2c(c1C)C(C)(C)/C(=C\N=C1C(=O)CC(C(C)(C)C#N)c3ccccc31)N2C. The fourth-order valence-electron chi connectivity index (χ4n) is 5.34. The van der Waals surface area contributed by atoms with E-state index in [2.05, 4.69) is 57.8 Å². The third-order valence-corrected chi connectivity index (χ3v) is 7.42. The summed E-state index contributed by atoms with van der Waals surface area (Å²) in [6, 6.07) is 14.6. The van der Waals surface area contributed by atoms with Gasteiger partial charge in [-0.3, -0.25) is 9.79 Å². The van der Waals surface area contributed by atoms with Crippen LogP contribution in [0.1, 0.15) is 67.9 Å². The van der Waals surface area contributed by atoms with Crippen molar-refractivity contribution < 1.29 is 4.79 Å². The van der Waals surface area contributed by atoms with Gasteiger partial charge in [-0.1, -0.05) is 44.2 Å². The predicted octanol–water partition coefficient (Wildman–Crippen LogP) is 5.97. The molecule has 2 aromatic carbocycles. The Morgan fingerprint density at radius 2 is 1.88 bits per heavy atom. The Kier molecular flexibility index (Phi) is 5.12. The van der Waals surface area contributed by atoms with Crippen LogP contribution in [0.3, 0.4) is 0 Å². The smallest absolute Gasteiger partial charge is 0.182 e. The summed E-state index contributed by atoms with van der Waals surface area (Å²) in [5, 5.41) is 9.68. The molecule has 0 spiro atoms. The average Bonchev–Trinajstić information content (AvgIpc) is 2.95. The normalized spacial score (nSPS) is 22.1. The lowest BCUT2D eigenvalue weighted by atomic mass is 9.68. The lowest BCUT2D eigenvalue weighted by molar-refractivity contribution is -0.113. The molecule has 0 bridgehead atoms. The molecule has 1 heterocycles. The van der Waals surface area contributed by atoms with Crippen LogP contribution in [0, 0.1) is 30.6 Å². The summed E-state index contributed by atoms with van der Waals surface area (Å²) in [6.45, 7) is 12.6.